The van der Waals surface area contributed by atoms with Crippen LogP contribution in [0, 0.1) is 0 Å². The molecule has 1 fully saturated rings. The van der Waals surface area contributed by atoms with Crippen LogP contribution in [0.3, 0.4) is 0 Å². The normalized spacial score (nSPS) is 14.2. The zero-order valence-corrected chi connectivity index (χ0v) is 22.3. The predicted octanol–water partition coefficient (Wildman–Crippen LogP) is 6.39. The Bertz CT molecular complexity index is 642. The number of unbranched alkanes of at least 4 members (excludes halogenated alkanes) is 1. The molecule has 2 rings (SSSR count). The van der Waals surface area contributed by atoms with E-state index in [1.54, 1.807) is 0 Å². The van der Waals surface area contributed by atoms with Crippen molar-refractivity contribution in [2.75, 3.05) is 31.1 Å². The molecule has 5 heteroatoms. The Kier molecular flexibility index (Phi) is 18.5. The van der Waals surface area contributed by atoms with Gasteiger partial charge in [-0.25, -0.2) is 5.48 Å². The molecule has 1 unspecified atom stereocenters. The third-order valence-electron chi connectivity index (χ3n) is 6.02. The highest BCUT2D eigenvalue weighted by Crippen LogP contribution is 2.27. The minimum absolute atomic E-state index is 0.440. The number of hydrogen-bond donors (Lipinski definition) is 2. The minimum atomic E-state index is -0.440. The second-order valence-electron chi connectivity index (χ2n) is 8.58. The van der Waals surface area contributed by atoms with Crippen LogP contribution in [0.4, 0.5) is 5.69 Å². The van der Waals surface area contributed by atoms with Crippen LogP contribution in [-0.4, -0.2) is 48.2 Å². The van der Waals surface area contributed by atoms with E-state index in [2.05, 4.69) is 55.3 Å². The number of nitrogens with one attached hydrogen (secondary N) is 1. The van der Waals surface area contributed by atoms with Gasteiger partial charge in [0.1, 0.15) is 0 Å². The third kappa shape index (κ3) is 12.8. The van der Waals surface area contributed by atoms with Crippen LogP contribution in [-0.2, 0) is 17.6 Å². The average Bonchev–Trinajstić information content (AvgIpc) is 2.85. The quantitative estimate of drug-likeness (QED) is 0.228. The topological polar surface area (TPSA) is 55.8 Å². The largest absolute Gasteiger partial charge is 0.367 e. The maximum Gasteiger partial charge on any atom is 0.240 e. The maximum absolute atomic E-state index is 9.45. The fourth-order valence-corrected chi connectivity index (χ4v) is 4.01. The number of likely N-dealkylation sites (tertiary alicyclic amines) is 1. The zero-order valence-electron chi connectivity index (χ0n) is 22.3. The average molecular weight is 462 g/mol. The summed E-state index contributed by atoms with van der Waals surface area (Å²) in [7, 11) is 0. The molecule has 1 aromatic rings. The number of piperidine rings is 1. The Morgan fingerprint density at radius 2 is 1.88 bits per heavy atom. The first-order chi connectivity index (χ1) is 16.0. The lowest BCUT2D eigenvalue weighted by Crippen LogP contribution is -2.41. The van der Waals surface area contributed by atoms with Crippen LogP contribution in [0.25, 0.3) is 0 Å². The second kappa shape index (κ2) is 19.6. The van der Waals surface area contributed by atoms with Gasteiger partial charge in [-0.15, -0.1) is 6.58 Å². The Balaban J connectivity index is 0.00000129. The van der Waals surface area contributed by atoms with E-state index in [4.69, 9.17) is 5.21 Å². The molecule has 190 valence electrons. The number of hydrogen-bond acceptors (Lipinski definition) is 4. The van der Waals surface area contributed by atoms with E-state index in [0.717, 1.165) is 13.0 Å². The number of allylic oxidation sites excluding steroid dienone is 1. The first-order valence-electron chi connectivity index (χ1n) is 13.1. The van der Waals surface area contributed by atoms with Crippen molar-refractivity contribution in [1.29, 1.82) is 0 Å². The number of rotatable bonds is 11. The molecule has 0 aliphatic carbocycles. The molecule has 0 spiro atoms. The smallest absolute Gasteiger partial charge is 0.240 e. The number of nitrogens with zero attached hydrogens (tertiary/aromatic N) is 2. The lowest BCUT2D eigenvalue weighted by atomic mass is 9.99. The van der Waals surface area contributed by atoms with Crippen LogP contribution >= 0.6 is 0 Å². The maximum atomic E-state index is 9.45. The van der Waals surface area contributed by atoms with Crippen LogP contribution in [0.5, 0.6) is 0 Å². The van der Waals surface area contributed by atoms with Crippen molar-refractivity contribution in [3.63, 3.8) is 0 Å². The minimum Gasteiger partial charge on any atom is -0.367 e. The molecule has 2 N–H and O–H groups in total. The van der Waals surface area contributed by atoms with E-state index in [-0.39, 0.29) is 0 Å². The summed E-state index contributed by atoms with van der Waals surface area (Å²) in [5.41, 5.74) is 5.79. The van der Waals surface area contributed by atoms with E-state index < -0.39 is 5.91 Å². The summed E-state index contributed by atoms with van der Waals surface area (Å²) >= 11 is 0. The van der Waals surface area contributed by atoms with Crippen molar-refractivity contribution in [2.45, 2.75) is 99.0 Å². The summed E-state index contributed by atoms with van der Waals surface area (Å²) in [5, 5.41) is 7.54. The van der Waals surface area contributed by atoms with Gasteiger partial charge >= 0.3 is 0 Å². The van der Waals surface area contributed by atoms with Gasteiger partial charge < -0.3 is 9.80 Å². The third-order valence-corrected chi connectivity index (χ3v) is 6.02. The van der Waals surface area contributed by atoms with Crippen molar-refractivity contribution in [3.8, 4) is 0 Å². The zero-order chi connectivity index (χ0) is 25.1. The molecule has 0 aromatic heterocycles. The van der Waals surface area contributed by atoms with E-state index >= 15 is 0 Å². The first-order valence-corrected chi connectivity index (χ1v) is 13.1. The summed E-state index contributed by atoms with van der Waals surface area (Å²) in [6.07, 6.45) is 12.1. The summed E-state index contributed by atoms with van der Waals surface area (Å²) < 4.78 is 0. The number of anilines is 1. The molecule has 0 radical (unpaired) electrons. The number of amides is 1. The Morgan fingerprint density at radius 3 is 2.39 bits per heavy atom. The highest BCUT2D eigenvalue weighted by atomic mass is 16.5. The van der Waals surface area contributed by atoms with Gasteiger partial charge in [0, 0.05) is 31.7 Å². The lowest BCUT2D eigenvalue weighted by molar-refractivity contribution is -0.126. The van der Waals surface area contributed by atoms with Gasteiger partial charge in [0.15, 0.2) is 0 Å². The fourth-order valence-electron chi connectivity index (χ4n) is 4.01. The van der Waals surface area contributed by atoms with Gasteiger partial charge in [-0.1, -0.05) is 58.7 Å². The van der Waals surface area contributed by atoms with Crippen molar-refractivity contribution >= 4 is 11.6 Å². The van der Waals surface area contributed by atoms with E-state index in [1.165, 1.54) is 93.8 Å². The summed E-state index contributed by atoms with van der Waals surface area (Å²) in [6, 6.07) is 7.71. The van der Waals surface area contributed by atoms with Crippen LogP contribution < -0.4 is 10.4 Å². The van der Waals surface area contributed by atoms with E-state index in [0.29, 0.717) is 6.04 Å². The summed E-state index contributed by atoms with van der Waals surface area (Å²) in [4.78, 5) is 14.8. The van der Waals surface area contributed by atoms with Gasteiger partial charge in [0.25, 0.3) is 0 Å². The standard InChI is InChI=1S/C24H40N2.C2H5NO2.C2H6/c1-5-8-13-23-20-22(12-6-2)14-15-24(23)26(21(4)7-3)19-18-25-16-10-9-11-17-25;1-2(4)3-5;1-2/h6,14-15,20-21H,2,5,7-13,16-19H2,1,3-4H3;5H,1H3,(H,3,4);1-2H3. The Labute approximate surface area is 204 Å². The van der Waals surface area contributed by atoms with Gasteiger partial charge in [0.2, 0.25) is 5.91 Å². The van der Waals surface area contributed by atoms with Gasteiger partial charge in [-0.05, 0) is 75.7 Å². The number of hydroxylamine groups is 1. The first kappa shape index (κ1) is 31.1. The molecular formula is C28H51N3O2. The molecule has 33 heavy (non-hydrogen) atoms. The lowest BCUT2D eigenvalue weighted by Gasteiger charge is -2.36. The second-order valence-corrected chi connectivity index (χ2v) is 8.58. The van der Waals surface area contributed by atoms with Crippen molar-refractivity contribution in [2.24, 2.45) is 0 Å². The summed E-state index contributed by atoms with van der Waals surface area (Å²) in [5.74, 6) is -0.440. The van der Waals surface area contributed by atoms with Gasteiger partial charge in [-0.2, -0.15) is 0 Å². The number of aryl methyl sites for hydroxylation is 1. The van der Waals surface area contributed by atoms with Crippen molar-refractivity contribution in [1.82, 2.24) is 10.4 Å². The molecule has 1 amide bonds. The summed E-state index contributed by atoms with van der Waals surface area (Å²) in [6.45, 7) is 21.0. The molecule has 1 saturated heterocycles. The Morgan fingerprint density at radius 1 is 1.24 bits per heavy atom. The van der Waals surface area contributed by atoms with Crippen LogP contribution in [0.1, 0.15) is 91.2 Å². The highest BCUT2D eigenvalue weighted by Gasteiger charge is 2.19. The van der Waals surface area contributed by atoms with Crippen LogP contribution in [0.15, 0.2) is 30.9 Å². The van der Waals surface area contributed by atoms with Gasteiger partial charge in [0.05, 0.1) is 0 Å². The van der Waals surface area contributed by atoms with Gasteiger partial charge in [-0.3, -0.25) is 10.0 Å². The number of carbonyl (C=O) groups excluding carboxylic acids is 1. The highest BCUT2D eigenvalue weighted by molar-refractivity contribution is 5.71. The molecule has 0 bridgehead atoms. The number of benzene rings is 1. The van der Waals surface area contributed by atoms with Crippen molar-refractivity contribution in [3.05, 3.63) is 42.0 Å². The van der Waals surface area contributed by atoms with Crippen molar-refractivity contribution < 1.29 is 10.0 Å². The molecule has 1 aromatic carbocycles. The van der Waals surface area contributed by atoms with Crippen LogP contribution in [0.2, 0.25) is 0 Å². The molecule has 1 atom stereocenters. The molecule has 1 aliphatic rings. The fraction of sp³-hybridized carbons (Fsp3) is 0.679. The molecule has 1 aliphatic heterocycles. The van der Waals surface area contributed by atoms with E-state index in [9.17, 15) is 4.79 Å². The van der Waals surface area contributed by atoms with E-state index in [1.807, 2.05) is 19.9 Å². The molecular weight excluding hydrogens is 410 g/mol. The molecule has 5 nitrogen and oxygen atoms in total. The predicted molar refractivity (Wildman–Crippen MR) is 143 cm³/mol. The number of carbonyl (C=O) groups is 1. The monoisotopic (exact) mass is 461 g/mol. The molecule has 1 heterocycles. The Hall–Kier alpha value is -1.85. The molecule has 0 saturated carbocycles. The SMILES string of the molecule is C=CCc1ccc(N(CCN2CCCCC2)C(C)CC)c(CCCC)c1.CC.CC(=O)NO.